The molecule has 0 unspecified atom stereocenters. The fourth-order valence-corrected chi connectivity index (χ4v) is 3.21. The summed E-state index contributed by atoms with van der Waals surface area (Å²) in [5, 5.41) is 11.4. The number of sulfone groups is 1. The van der Waals surface area contributed by atoms with E-state index in [-0.39, 0.29) is 22.1 Å². The number of carbonyl (C=O) groups is 1. The van der Waals surface area contributed by atoms with Crippen LogP contribution in [0.3, 0.4) is 0 Å². The lowest BCUT2D eigenvalue weighted by Crippen LogP contribution is -2.42. The van der Waals surface area contributed by atoms with E-state index < -0.39 is 21.3 Å². The Morgan fingerprint density at radius 2 is 2.09 bits per heavy atom. The van der Waals surface area contributed by atoms with Crippen molar-refractivity contribution in [2.24, 2.45) is 0 Å². The van der Waals surface area contributed by atoms with E-state index in [1.807, 2.05) is 6.07 Å². The Labute approximate surface area is 134 Å². The Kier molecular flexibility index (Phi) is 5.80. The first-order chi connectivity index (χ1) is 10.1. The van der Waals surface area contributed by atoms with E-state index in [2.05, 4.69) is 5.32 Å². The van der Waals surface area contributed by atoms with E-state index in [9.17, 15) is 13.2 Å². The van der Waals surface area contributed by atoms with Gasteiger partial charge in [-0.3, -0.25) is 4.79 Å². The highest BCUT2D eigenvalue weighted by atomic mass is 35.5. The van der Waals surface area contributed by atoms with Crippen LogP contribution in [-0.4, -0.2) is 32.7 Å². The maximum absolute atomic E-state index is 12.2. The van der Waals surface area contributed by atoms with Crippen LogP contribution >= 0.6 is 11.6 Å². The van der Waals surface area contributed by atoms with Gasteiger partial charge in [0.15, 0.2) is 9.84 Å². The minimum atomic E-state index is -3.65. The third-order valence-corrected chi connectivity index (χ3v) is 4.82. The van der Waals surface area contributed by atoms with Crippen LogP contribution in [0.5, 0.6) is 5.75 Å². The number of benzene rings is 1. The molecule has 1 aromatic rings. The Bertz CT molecular complexity index is 708. The predicted octanol–water partition coefficient (Wildman–Crippen LogP) is 1.93. The number of ether oxygens (including phenoxy) is 1. The van der Waals surface area contributed by atoms with Crippen LogP contribution in [-0.2, 0) is 14.6 Å². The second kappa shape index (κ2) is 6.99. The first-order valence-electron chi connectivity index (χ1n) is 6.40. The molecule has 0 aliphatic rings. The van der Waals surface area contributed by atoms with Crippen molar-refractivity contribution in [1.29, 1.82) is 5.26 Å². The molecule has 0 bridgehead atoms. The van der Waals surface area contributed by atoms with Crippen molar-refractivity contribution < 1.29 is 17.9 Å². The summed E-state index contributed by atoms with van der Waals surface area (Å²) in [5.74, 6) is -0.507. The highest BCUT2D eigenvalue weighted by Crippen LogP contribution is 2.27. The van der Waals surface area contributed by atoms with Crippen molar-refractivity contribution in [2.75, 3.05) is 12.9 Å². The molecule has 0 fully saturated rings. The number of nitrogens with one attached hydrogen (secondary N) is 1. The molecule has 1 rings (SSSR count). The van der Waals surface area contributed by atoms with Crippen LogP contribution in [0.1, 0.15) is 20.3 Å². The number of nitrogens with zero attached hydrogens (tertiary/aromatic N) is 1. The van der Waals surface area contributed by atoms with E-state index in [4.69, 9.17) is 21.6 Å². The minimum Gasteiger partial charge on any atom is -0.495 e. The first-order valence-corrected chi connectivity index (χ1v) is 8.43. The number of hydrogen-bond acceptors (Lipinski definition) is 5. The molecule has 8 heteroatoms. The summed E-state index contributed by atoms with van der Waals surface area (Å²) in [4.78, 5) is 11.7. The van der Waals surface area contributed by atoms with E-state index in [0.717, 1.165) is 0 Å². The minimum absolute atomic E-state index is 0.0191. The molecule has 6 nitrogen and oxygen atoms in total. The van der Waals surface area contributed by atoms with Gasteiger partial charge in [0.1, 0.15) is 11.3 Å². The van der Waals surface area contributed by atoms with Crippen molar-refractivity contribution in [3.63, 3.8) is 0 Å². The van der Waals surface area contributed by atoms with Gasteiger partial charge in [0, 0.05) is 6.42 Å². The Morgan fingerprint density at radius 1 is 1.45 bits per heavy atom. The maximum atomic E-state index is 12.2. The molecular weight excluding hydrogens is 328 g/mol. The van der Waals surface area contributed by atoms with Gasteiger partial charge >= 0.3 is 0 Å². The quantitative estimate of drug-likeness (QED) is 0.850. The Balaban J connectivity index is 2.79. The largest absolute Gasteiger partial charge is 0.495 e. The van der Waals surface area contributed by atoms with Gasteiger partial charge in [-0.05, 0) is 32.0 Å². The van der Waals surface area contributed by atoms with Crippen LogP contribution in [0.15, 0.2) is 23.1 Å². The van der Waals surface area contributed by atoms with Gasteiger partial charge < -0.3 is 10.1 Å². The van der Waals surface area contributed by atoms with Gasteiger partial charge in [0.2, 0.25) is 5.91 Å². The second-order valence-electron chi connectivity index (χ2n) is 5.15. The molecule has 0 radical (unpaired) electrons. The molecule has 0 aliphatic carbocycles. The van der Waals surface area contributed by atoms with Gasteiger partial charge in [-0.1, -0.05) is 11.6 Å². The summed E-state index contributed by atoms with van der Waals surface area (Å²) in [6, 6.07) is 6.02. The molecule has 0 heterocycles. The highest BCUT2D eigenvalue weighted by molar-refractivity contribution is 7.91. The lowest BCUT2D eigenvalue weighted by atomic mass is 10.1. The fraction of sp³-hybridized carbons (Fsp3) is 0.429. The number of amides is 1. The number of hydrogen-bond donors (Lipinski definition) is 1. The molecule has 1 aromatic carbocycles. The normalized spacial score (nSPS) is 11.6. The first kappa shape index (κ1) is 18.3. The highest BCUT2D eigenvalue weighted by Gasteiger charge is 2.22. The number of methoxy groups -OCH3 is 1. The molecule has 0 saturated heterocycles. The maximum Gasteiger partial charge on any atom is 0.222 e. The number of rotatable bonds is 6. The smallest absolute Gasteiger partial charge is 0.222 e. The molecule has 22 heavy (non-hydrogen) atoms. The third kappa shape index (κ3) is 4.90. The molecule has 1 N–H and O–H groups in total. The Morgan fingerprint density at radius 3 is 2.59 bits per heavy atom. The summed E-state index contributed by atoms with van der Waals surface area (Å²) >= 11 is 5.90. The zero-order chi connectivity index (χ0) is 17.0. The summed E-state index contributed by atoms with van der Waals surface area (Å²) in [7, 11) is -2.22. The van der Waals surface area contributed by atoms with Crippen LogP contribution < -0.4 is 10.1 Å². The van der Waals surface area contributed by atoms with Gasteiger partial charge in [0.05, 0.1) is 28.8 Å². The molecular formula is C14H17ClN2O4S. The molecule has 0 aromatic heterocycles. The van der Waals surface area contributed by atoms with Crippen molar-refractivity contribution in [2.45, 2.75) is 30.7 Å². The van der Waals surface area contributed by atoms with Gasteiger partial charge in [0.25, 0.3) is 0 Å². The molecule has 1 amide bonds. The zero-order valence-electron chi connectivity index (χ0n) is 12.5. The monoisotopic (exact) mass is 344 g/mol. The fourth-order valence-electron chi connectivity index (χ4n) is 1.62. The van der Waals surface area contributed by atoms with Crippen molar-refractivity contribution in [1.82, 2.24) is 5.32 Å². The summed E-state index contributed by atoms with van der Waals surface area (Å²) < 4.78 is 29.3. The second-order valence-corrected chi connectivity index (χ2v) is 7.67. The molecule has 0 aliphatic heterocycles. The average molecular weight is 345 g/mol. The zero-order valence-corrected chi connectivity index (χ0v) is 14.1. The summed E-state index contributed by atoms with van der Waals surface area (Å²) in [6.45, 7) is 3.06. The van der Waals surface area contributed by atoms with Crippen molar-refractivity contribution >= 4 is 27.3 Å². The lowest BCUT2D eigenvalue weighted by molar-refractivity contribution is -0.121. The molecule has 0 spiro atoms. The van der Waals surface area contributed by atoms with E-state index >= 15 is 0 Å². The van der Waals surface area contributed by atoms with E-state index in [1.54, 1.807) is 0 Å². The van der Waals surface area contributed by atoms with Crippen molar-refractivity contribution in [3.05, 3.63) is 23.2 Å². The number of halogens is 1. The van der Waals surface area contributed by atoms with Gasteiger partial charge in [-0.25, -0.2) is 8.42 Å². The van der Waals surface area contributed by atoms with Crippen LogP contribution in [0.25, 0.3) is 0 Å². The lowest BCUT2D eigenvalue weighted by Gasteiger charge is -2.17. The topological polar surface area (TPSA) is 96.3 Å². The van der Waals surface area contributed by atoms with Crippen LogP contribution in [0.4, 0.5) is 0 Å². The average Bonchev–Trinajstić information content (AvgIpc) is 2.45. The summed E-state index contributed by atoms with van der Waals surface area (Å²) in [6.07, 6.45) is -0.239. The molecule has 0 saturated carbocycles. The van der Waals surface area contributed by atoms with Gasteiger partial charge in [-0.2, -0.15) is 5.26 Å². The third-order valence-electron chi connectivity index (χ3n) is 2.81. The Hall–Kier alpha value is -1.78. The number of carbonyl (C=O) groups excluding carboxylic acids is 1. The number of nitriles is 1. The predicted molar refractivity (Wildman–Crippen MR) is 82.5 cm³/mol. The van der Waals surface area contributed by atoms with E-state index in [1.165, 1.54) is 39.2 Å². The van der Waals surface area contributed by atoms with E-state index in [0.29, 0.717) is 5.75 Å². The SMILES string of the molecule is COc1ccc(S(=O)(=O)CCC(=O)NC(C)(C)C#N)cc1Cl. The van der Waals surface area contributed by atoms with Crippen LogP contribution in [0.2, 0.25) is 5.02 Å². The van der Waals surface area contributed by atoms with Crippen LogP contribution in [0, 0.1) is 11.3 Å². The molecule has 0 atom stereocenters. The summed E-state index contributed by atoms with van der Waals surface area (Å²) in [5.41, 5.74) is -1.04. The standard InChI is InChI=1S/C14H17ClN2O4S/c1-14(2,9-16)17-13(18)6-7-22(19,20)10-4-5-12(21-3)11(15)8-10/h4-5,8H,6-7H2,1-3H3,(H,17,18). The van der Waals surface area contributed by atoms with Gasteiger partial charge in [-0.15, -0.1) is 0 Å². The van der Waals surface area contributed by atoms with Crippen molar-refractivity contribution in [3.8, 4) is 11.8 Å². The molecule has 120 valence electrons.